The first kappa shape index (κ1) is 17.6. The van der Waals surface area contributed by atoms with Gasteiger partial charge in [-0.2, -0.15) is 0 Å². The Labute approximate surface area is 125 Å². The van der Waals surface area contributed by atoms with Crippen molar-refractivity contribution in [3.05, 3.63) is 29.8 Å². The summed E-state index contributed by atoms with van der Waals surface area (Å²) < 4.78 is 31.4. The molecule has 0 heterocycles. The predicted octanol–water partition coefficient (Wildman–Crippen LogP) is -0.439. The third-order valence-electron chi connectivity index (χ3n) is 2.73. The first-order valence-corrected chi connectivity index (χ1v) is 8.01. The number of methoxy groups -OCH3 is 1. The van der Waals surface area contributed by atoms with E-state index in [1.165, 1.54) is 31.3 Å². The average molecular weight is 315 g/mol. The summed E-state index contributed by atoms with van der Waals surface area (Å²) in [5.41, 5.74) is 0.415. The number of amides is 1. The Balaban J connectivity index is 2.52. The highest BCUT2D eigenvalue weighted by atomic mass is 32.2. The van der Waals surface area contributed by atoms with E-state index in [4.69, 9.17) is 4.74 Å². The maximum absolute atomic E-state index is 12.0. The second kappa shape index (κ2) is 8.73. The van der Waals surface area contributed by atoms with E-state index in [0.717, 1.165) is 0 Å². The summed E-state index contributed by atoms with van der Waals surface area (Å²) in [6.07, 6.45) is 0. The van der Waals surface area contributed by atoms with Crippen LogP contribution in [-0.2, 0) is 14.8 Å². The molecular weight excluding hydrogens is 294 g/mol. The van der Waals surface area contributed by atoms with Crippen molar-refractivity contribution in [1.29, 1.82) is 0 Å². The van der Waals surface area contributed by atoms with Gasteiger partial charge in [0.2, 0.25) is 10.0 Å². The van der Waals surface area contributed by atoms with Gasteiger partial charge in [0, 0.05) is 39.4 Å². The van der Waals surface area contributed by atoms with Crippen molar-refractivity contribution in [3.63, 3.8) is 0 Å². The van der Waals surface area contributed by atoms with E-state index in [2.05, 4.69) is 15.4 Å². The topological polar surface area (TPSA) is 96.5 Å². The Morgan fingerprint density at radius 2 is 1.81 bits per heavy atom. The van der Waals surface area contributed by atoms with Gasteiger partial charge >= 0.3 is 0 Å². The lowest BCUT2D eigenvalue weighted by molar-refractivity contribution is 0.0963. The maximum atomic E-state index is 12.0. The lowest BCUT2D eigenvalue weighted by Gasteiger charge is -2.08. The van der Waals surface area contributed by atoms with Crippen LogP contribution in [0, 0.1) is 0 Å². The van der Waals surface area contributed by atoms with Crippen molar-refractivity contribution in [3.8, 4) is 0 Å². The van der Waals surface area contributed by atoms with E-state index < -0.39 is 10.0 Å². The molecule has 0 aliphatic carbocycles. The van der Waals surface area contributed by atoms with Crippen LogP contribution in [0.3, 0.4) is 0 Å². The van der Waals surface area contributed by atoms with E-state index in [1.54, 1.807) is 7.11 Å². The zero-order valence-corrected chi connectivity index (χ0v) is 13.0. The standard InChI is InChI=1S/C13H21N3O4S/c1-14-13(17)11-3-5-12(6-4-11)21(18,19)16-8-7-15-9-10-20-2/h3-6,15-16H,7-10H2,1-2H3,(H,14,17). The van der Waals surface area contributed by atoms with Crippen molar-refractivity contribution in [1.82, 2.24) is 15.4 Å². The molecule has 0 aliphatic heterocycles. The predicted molar refractivity (Wildman–Crippen MR) is 79.8 cm³/mol. The van der Waals surface area contributed by atoms with E-state index in [0.29, 0.717) is 25.3 Å². The van der Waals surface area contributed by atoms with Crippen molar-refractivity contribution in [2.24, 2.45) is 0 Å². The molecule has 3 N–H and O–H groups in total. The molecule has 21 heavy (non-hydrogen) atoms. The molecule has 1 amide bonds. The molecule has 118 valence electrons. The highest BCUT2D eigenvalue weighted by molar-refractivity contribution is 7.89. The molecule has 0 spiro atoms. The van der Waals surface area contributed by atoms with Crippen LogP contribution in [0.1, 0.15) is 10.4 Å². The SMILES string of the molecule is CNC(=O)c1ccc(S(=O)(=O)NCCNCCOC)cc1. The van der Waals surface area contributed by atoms with E-state index in [9.17, 15) is 13.2 Å². The average Bonchev–Trinajstić information content (AvgIpc) is 2.50. The van der Waals surface area contributed by atoms with E-state index in [-0.39, 0.29) is 17.3 Å². The van der Waals surface area contributed by atoms with Gasteiger partial charge in [0.1, 0.15) is 0 Å². The number of hydrogen-bond acceptors (Lipinski definition) is 5. The number of ether oxygens (including phenoxy) is 1. The second-order valence-electron chi connectivity index (χ2n) is 4.24. The summed E-state index contributed by atoms with van der Waals surface area (Å²) in [6.45, 7) is 2.04. The zero-order chi connectivity index (χ0) is 15.7. The fraction of sp³-hybridized carbons (Fsp3) is 0.462. The van der Waals surface area contributed by atoms with Gasteiger partial charge in [-0.3, -0.25) is 4.79 Å². The number of carbonyl (C=O) groups excluding carboxylic acids is 1. The fourth-order valence-corrected chi connectivity index (χ4v) is 2.62. The van der Waals surface area contributed by atoms with Crippen LogP contribution in [-0.4, -0.2) is 54.7 Å². The molecule has 1 aromatic rings. The number of nitrogens with one attached hydrogen (secondary N) is 3. The minimum atomic E-state index is -3.56. The number of benzene rings is 1. The molecule has 0 fully saturated rings. The monoisotopic (exact) mass is 315 g/mol. The van der Waals surface area contributed by atoms with Crippen LogP contribution in [0.5, 0.6) is 0 Å². The van der Waals surface area contributed by atoms with Gasteiger partial charge in [0.15, 0.2) is 0 Å². The van der Waals surface area contributed by atoms with Crippen LogP contribution in [0.25, 0.3) is 0 Å². The number of carbonyl (C=O) groups is 1. The van der Waals surface area contributed by atoms with Crippen LogP contribution < -0.4 is 15.4 Å². The summed E-state index contributed by atoms with van der Waals surface area (Å²) in [5.74, 6) is -0.255. The van der Waals surface area contributed by atoms with Crippen LogP contribution >= 0.6 is 0 Å². The van der Waals surface area contributed by atoms with E-state index in [1.807, 2.05) is 0 Å². The molecule has 7 nitrogen and oxygen atoms in total. The Bertz CT molecular complexity index is 543. The molecule has 0 saturated heterocycles. The normalized spacial score (nSPS) is 11.3. The quantitative estimate of drug-likeness (QED) is 0.537. The molecule has 0 unspecified atom stereocenters. The van der Waals surface area contributed by atoms with E-state index >= 15 is 0 Å². The summed E-state index contributed by atoms with van der Waals surface area (Å²) in [6, 6.07) is 5.77. The van der Waals surface area contributed by atoms with Gasteiger partial charge < -0.3 is 15.4 Å². The van der Waals surface area contributed by atoms with Crippen LogP contribution in [0.2, 0.25) is 0 Å². The third-order valence-corrected chi connectivity index (χ3v) is 4.21. The van der Waals surface area contributed by atoms with Gasteiger partial charge in [0.05, 0.1) is 11.5 Å². The van der Waals surface area contributed by atoms with Gasteiger partial charge in [-0.1, -0.05) is 0 Å². The highest BCUT2D eigenvalue weighted by Gasteiger charge is 2.13. The fourth-order valence-electron chi connectivity index (χ4n) is 1.59. The largest absolute Gasteiger partial charge is 0.383 e. The Morgan fingerprint density at radius 3 is 2.38 bits per heavy atom. The molecule has 0 atom stereocenters. The first-order valence-electron chi connectivity index (χ1n) is 6.52. The molecule has 0 radical (unpaired) electrons. The van der Waals surface area contributed by atoms with Crippen LogP contribution in [0.15, 0.2) is 29.2 Å². The molecular formula is C13H21N3O4S. The molecule has 1 aromatic carbocycles. The summed E-state index contributed by atoms with van der Waals surface area (Å²) in [4.78, 5) is 11.5. The number of sulfonamides is 1. The molecule has 1 rings (SSSR count). The Morgan fingerprint density at radius 1 is 1.14 bits per heavy atom. The van der Waals surface area contributed by atoms with Gasteiger partial charge in [0.25, 0.3) is 5.91 Å². The highest BCUT2D eigenvalue weighted by Crippen LogP contribution is 2.10. The lowest BCUT2D eigenvalue weighted by Crippen LogP contribution is -2.33. The smallest absolute Gasteiger partial charge is 0.251 e. The van der Waals surface area contributed by atoms with Gasteiger partial charge in [-0.05, 0) is 24.3 Å². The number of rotatable bonds is 9. The molecule has 8 heteroatoms. The summed E-state index contributed by atoms with van der Waals surface area (Å²) >= 11 is 0. The zero-order valence-electron chi connectivity index (χ0n) is 12.2. The summed E-state index contributed by atoms with van der Waals surface area (Å²) in [5, 5.41) is 5.51. The number of hydrogen-bond donors (Lipinski definition) is 3. The molecule has 0 bridgehead atoms. The Hall–Kier alpha value is -1.48. The first-order chi connectivity index (χ1) is 10.0. The van der Waals surface area contributed by atoms with Crippen molar-refractivity contribution in [2.45, 2.75) is 4.90 Å². The molecule has 0 aromatic heterocycles. The minimum absolute atomic E-state index is 0.132. The Kier molecular flexibility index (Phi) is 7.30. The second-order valence-corrected chi connectivity index (χ2v) is 6.01. The van der Waals surface area contributed by atoms with Crippen LogP contribution in [0.4, 0.5) is 0 Å². The van der Waals surface area contributed by atoms with Crippen molar-refractivity contribution in [2.75, 3.05) is 40.4 Å². The third kappa shape index (κ3) is 5.80. The molecule has 0 aliphatic rings. The van der Waals surface area contributed by atoms with Crippen molar-refractivity contribution < 1.29 is 17.9 Å². The maximum Gasteiger partial charge on any atom is 0.251 e. The molecule has 0 saturated carbocycles. The van der Waals surface area contributed by atoms with Gasteiger partial charge in [-0.15, -0.1) is 0 Å². The summed E-state index contributed by atoms with van der Waals surface area (Å²) in [7, 11) is -0.432. The van der Waals surface area contributed by atoms with Gasteiger partial charge in [-0.25, -0.2) is 13.1 Å². The minimum Gasteiger partial charge on any atom is -0.383 e. The van der Waals surface area contributed by atoms with Crippen molar-refractivity contribution >= 4 is 15.9 Å². The lowest BCUT2D eigenvalue weighted by atomic mass is 10.2.